The summed E-state index contributed by atoms with van der Waals surface area (Å²) in [6.45, 7) is 4.05. The van der Waals surface area contributed by atoms with Crippen molar-refractivity contribution in [2.24, 2.45) is 0 Å². The summed E-state index contributed by atoms with van der Waals surface area (Å²) >= 11 is 0. The van der Waals surface area contributed by atoms with Gasteiger partial charge in [-0.3, -0.25) is 9.59 Å². The van der Waals surface area contributed by atoms with Gasteiger partial charge in [-0.25, -0.2) is 0 Å². The first-order chi connectivity index (χ1) is 19.0. The fourth-order valence-electron chi connectivity index (χ4n) is 3.83. The Morgan fingerprint density at radius 2 is 1.41 bits per heavy atom. The molecule has 0 fully saturated rings. The first-order valence-corrected chi connectivity index (χ1v) is 12.8. The van der Waals surface area contributed by atoms with E-state index in [1.807, 2.05) is 97.9 Å². The van der Waals surface area contributed by atoms with Gasteiger partial charge in [0.25, 0.3) is 0 Å². The van der Waals surface area contributed by atoms with Crippen molar-refractivity contribution in [3.8, 4) is 11.5 Å². The van der Waals surface area contributed by atoms with Crippen LogP contribution in [0.4, 0.5) is 5.69 Å². The van der Waals surface area contributed by atoms with Crippen LogP contribution in [0.15, 0.2) is 115 Å². The SMILES string of the molecule is C/C(=C\c1ccccc1C)C(=O)NC(COCc1ccccc1)C(=O)Nc1ccc(Oc2ccccc2)cc1. The summed E-state index contributed by atoms with van der Waals surface area (Å²) in [5.41, 5.74) is 4.06. The number of carbonyl (C=O) groups is 2. The maximum absolute atomic E-state index is 13.2. The first-order valence-electron chi connectivity index (χ1n) is 12.8. The highest BCUT2D eigenvalue weighted by atomic mass is 16.5. The lowest BCUT2D eigenvalue weighted by Crippen LogP contribution is -2.47. The number of benzene rings is 4. The lowest BCUT2D eigenvalue weighted by Gasteiger charge is -2.19. The molecule has 1 atom stereocenters. The second kappa shape index (κ2) is 13.7. The Morgan fingerprint density at radius 3 is 2.10 bits per heavy atom. The summed E-state index contributed by atoms with van der Waals surface area (Å²) in [7, 11) is 0. The number of rotatable bonds is 11. The molecule has 39 heavy (non-hydrogen) atoms. The van der Waals surface area contributed by atoms with E-state index in [9.17, 15) is 9.59 Å². The van der Waals surface area contributed by atoms with Crippen LogP contribution in [0, 0.1) is 6.92 Å². The monoisotopic (exact) mass is 520 g/mol. The second-order valence-corrected chi connectivity index (χ2v) is 9.14. The van der Waals surface area contributed by atoms with Crippen LogP contribution in [0.1, 0.15) is 23.6 Å². The van der Waals surface area contributed by atoms with Gasteiger partial charge in [-0.1, -0.05) is 72.8 Å². The third-order valence-electron chi connectivity index (χ3n) is 6.04. The minimum absolute atomic E-state index is 0.0132. The normalized spacial score (nSPS) is 11.9. The summed E-state index contributed by atoms with van der Waals surface area (Å²) in [4.78, 5) is 26.3. The number of hydrogen-bond donors (Lipinski definition) is 2. The predicted molar refractivity (Wildman–Crippen MR) is 154 cm³/mol. The van der Waals surface area contributed by atoms with E-state index in [4.69, 9.17) is 9.47 Å². The first kappa shape index (κ1) is 27.4. The number of para-hydroxylation sites is 1. The maximum Gasteiger partial charge on any atom is 0.249 e. The molecule has 198 valence electrons. The summed E-state index contributed by atoms with van der Waals surface area (Å²) in [6.07, 6.45) is 1.82. The van der Waals surface area contributed by atoms with Crippen LogP contribution in [0.2, 0.25) is 0 Å². The van der Waals surface area contributed by atoms with E-state index in [-0.39, 0.29) is 18.4 Å². The van der Waals surface area contributed by atoms with Gasteiger partial charge >= 0.3 is 0 Å². The molecule has 0 aliphatic rings. The Kier molecular flexibility index (Phi) is 9.64. The second-order valence-electron chi connectivity index (χ2n) is 9.14. The van der Waals surface area contributed by atoms with E-state index in [0.29, 0.717) is 23.6 Å². The van der Waals surface area contributed by atoms with Gasteiger partial charge in [-0.2, -0.15) is 0 Å². The minimum Gasteiger partial charge on any atom is -0.457 e. The molecule has 4 aromatic rings. The van der Waals surface area contributed by atoms with Gasteiger partial charge in [-0.05, 0) is 73.0 Å². The number of ether oxygens (including phenoxy) is 2. The lowest BCUT2D eigenvalue weighted by atomic mass is 10.1. The standard InChI is InChI=1S/C33H32N2O4/c1-24-11-9-10-14-27(24)21-25(2)32(36)35-31(23-38-22-26-12-5-3-6-13-26)33(37)34-28-17-19-30(20-18-28)39-29-15-7-4-8-16-29/h3-21,31H,22-23H2,1-2H3,(H,34,37)(H,35,36)/b25-21+. The topological polar surface area (TPSA) is 76.7 Å². The number of carbonyl (C=O) groups excluding carboxylic acids is 2. The summed E-state index contributed by atoms with van der Waals surface area (Å²) in [6, 6.07) is 33.1. The Morgan fingerprint density at radius 1 is 0.795 bits per heavy atom. The highest BCUT2D eigenvalue weighted by Gasteiger charge is 2.22. The molecule has 2 N–H and O–H groups in total. The van der Waals surface area contributed by atoms with E-state index in [0.717, 1.165) is 22.4 Å². The van der Waals surface area contributed by atoms with E-state index < -0.39 is 6.04 Å². The van der Waals surface area contributed by atoms with Gasteiger partial charge in [0.1, 0.15) is 17.5 Å². The number of nitrogens with one attached hydrogen (secondary N) is 2. The summed E-state index contributed by atoms with van der Waals surface area (Å²) in [5, 5.41) is 5.71. The van der Waals surface area contributed by atoms with Crippen LogP contribution in [-0.4, -0.2) is 24.5 Å². The molecular formula is C33H32N2O4. The highest BCUT2D eigenvalue weighted by Crippen LogP contribution is 2.22. The van der Waals surface area contributed by atoms with E-state index in [1.54, 1.807) is 31.2 Å². The third-order valence-corrected chi connectivity index (χ3v) is 6.04. The third kappa shape index (κ3) is 8.42. The zero-order valence-electron chi connectivity index (χ0n) is 22.1. The van der Waals surface area contributed by atoms with Crippen LogP contribution in [-0.2, 0) is 20.9 Å². The lowest BCUT2D eigenvalue weighted by molar-refractivity contribution is -0.125. The largest absolute Gasteiger partial charge is 0.457 e. The van der Waals surface area contributed by atoms with Crippen LogP contribution in [0.25, 0.3) is 6.08 Å². The number of aryl methyl sites for hydroxylation is 1. The van der Waals surface area contributed by atoms with Crippen molar-refractivity contribution in [1.29, 1.82) is 0 Å². The molecule has 0 heterocycles. The Labute approximate surface area is 229 Å². The van der Waals surface area contributed by atoms with E-state index in [2.05, 4.69) is 10.6 Å². The van der Waals surface area contributed by atoms with Crippen molar-refractivity contribution >= 4 is 23.6 Å². The van der Waals surface area contributed by atoms with Crippen molar-refractivity contribution in [1.82, 2.24) is 5.32 Å². The molecule has 0 aromatic heterocycles. The molecule has 0 aliphatic carbocycles. The molecule has 0 bridgehead atoms. The van der Waals surface area contributed by atoms with E-state index >= 15 is 0 Å². The summed E-state index contributed by atoms with van der Waals surface area (Å²) in [5.74, 6) is 0.652. The van der Waals surface area contributed by atoms with Gasteiger partial charge in [0.05, 0.1) is 13.2 Å². The van der Waals surface area contributed by atoms with Crippen molar-refractivity contribution in [3.63, 3.8) is 0 Å². The van der Waals surface area contributed by atoms with Crippen LogP contribution < -0.4 is 15.4 Å². The maximum atomic E-state index is 13.2. The van der Waals surface area contributed by atoms with E-state index in [1.165, 1.54) is 0 Å². The van der Waals surface area contributed by atoms with Gasteiger partial charge in [-0.15, -0.1) is 0 Å². The van der Waals surface area contributed by atoms with Crippen molar-refractivity contribution in [2.45, 2.75) is 26.5 Å². The molecule has 0 saturated carbocycles. The number of anilines is 1. The average molecular weight is 521 g/mol. The van der Waals surface area contributed by atoms with Gasteiger partial charge in [0, 0.05) is 11.3 Å². The molecule has 0 aliphatic heterocycles. The molecule has 4 rings (SSSR count). The fraction of sp³-hybridized carbons (Fsp3) is 0.152. The van der Waals surface area contributed by atoms with Crippen molar-refractivity contribution in [3.05, 3.63) is 131 Å². The van der Waals surface area contributed by atoms with Crippen LogP contribution in [0.3, 0.4) is 0 Å². The Bertz CT molecular complexity index is 1400. The quantitative estimate of drug-likeness (QED) is 0.221. The number of hydrogen-bond acceptors (Lipinski definition) is 4. The molecule has 0 saturated heterocycles. The fourth-order valence-corrected chi connectivity index (χ4v) is 3.83. The molecule has 6 heteroatoms. The summed E-state index contributed by atoms with van der Waals surface area (Å²) < 4.78 is 11.7. The predicted octanol–water partition coefficient (Wildman–Crippen LogP) is 6.53. The Hall–Kier alpha value is -4.68. The highest BCUT2D eigenvalue weighted by molar-refractivity contribution is 6.02. The van der Waals surface area contributed by atoms with Crippen molar-refractivity contribution in [2.75, 3.05) is 11.9 Å². The van der Waals surface area contributed by atoms with Gasteiger partial charge in [0.15, 0.2) is 0 Å². The average Bonchev–Trinajstić information content (AvgIpc) is 2.96. The minimum atomic E-state index is -0.901. The molecule has 0 spiro atoms. The van der Waals surface area contributed by atoms with Gasteiger partial charge in [0.2, 0.25) is 11.8 Å². The van der Waals surface area contributed by atoms with Crippen LogP contribution in [0.5, 0.6) is 11.5 Å². The number of amides is 2. The molecule has 2 amide bonds. The van der Waals surface area contributed by atoms with Gasteiger partial charge < -0.3 is 20.1 Å². The van der Waals surface area contributed by atoms with Crippen molar-refractivity contribution < 1.29 is 19.1 Å². The smallest absolute Gasteiger partial charge is 0.249 e. The zero-order chi connectivity index (χ0) is 27.5. The molecule has 1 unspecified atom stereocenters. The molecule has 0 radical (unpaired) electrons. The van der Waals surface area contributed by atoms with Crippen LogP contribution >= 0.6 is 0 Å². The molecule has 6 nitrogen and oxygen atoms in total. The Balaban J connectivity index is 1.43. The molecular weight excluding hydrogens is 488 g/mol. The zero-order valence-corrected chi connectivity index (χ0v) is 22.1. The molecule has 4 aromatic carbocycles.